The fraction of sp³-hybridized carbons (Fsp3) is 0.417. The van der Waals surface area contributed by atoms with Crippen molar-refractivity contribution >= 4 is 5.91 Å². The summed E-state index contributed by atoms with van der Waals surface area (Å²) < 4.78 is 12.7. The average Bonchev–Trinajstić information content (AvgIpc) is 2.28. The van der Waals surface area contributed by atoms with Crippen LogP contribution >= 0.6 is 0 Å². The second-order valence-electron chi connectivity index (χ2n) is 3.80. The molecule has 0 spiro atoms. The van der Waals surface area contributed by atoms with Crippen LogP contribution in [0.4, 0.5) is 4.39 Å². The molecule has 0 aliphatic rings. The van der Waals surface area contributed by atoms with Crippen LogP contribution in [0, 0.1) is 5.82 Å². The van der Waals surface area contributed by atoms with E-state index in [1.54, 1.807) is 12.1 Å². The highest BCUT2D eigenvalue weighted by Crippen LogP contribution is 2.12. The fourth-order valence-corrected chi connectivity index (χ4v) is 1.34. The first-order valence-electron chi connectivity index (χ1n) is 5.36. The Hall–Kier alpha value is -1.42. The van der Waals surface area contributed by atoms with Crippen LogP contribution < -0.4 is 11.1 Å². The highest BCUT2D eigenvalue weighted by atomic mass is 19.1. The van der Waals surface area contributed by atoms with Gasteiger partial charge in [0.15, 0.2) is 0 Å². The number of hydrogen-bond acceptors (Lipinski definition) is 2. The minimum absolute atomic E-state index is 0.161. The number of amides is 1. The molecule has 0 saturated carbocycles. The van der Waals surface area contributed by atoms with Gasteiger partial charge in [-0.25, -0.2) is 4.39 Å². The van der Waals surface area contributed by atoms with E-state index in [1.165, 1.54) is 12.1 Å². The van der Waals surface area contributed by atoms with Gasteiger partial charge in [0.1, 0.15) is 5.82 Å². The van der Waals surface area contributed by atoms with Gasteiger partial charge < -0.3 is 11.1 Å². The molecule has 0 aliphatic heterocycles. The number of nitrogens with two attached hydrogens (primary N) is 1. The molecule has 0 saturated heterocycles. The van der Waals surface area contributed by atoms with Crippen molar-refractivity contribution in [1.82, 2.24) is 5.32 Å². The summed E-state index contributed by atoms with van der Waals surface area (Å²) in [4.78, 5) is 11.5. The van der Waals surface area contributed by atoms with Crippen molar-refractivity contribution in [2.24, 2.45) is 5.73 Å². The Labute approximate surface area is 94.8 Å². The standard InChI is InChI=1S/C12H17FN2O/c1-3-11(14)12(16)15-8(2)9-4-6-10(13)7-5-9/h4-8,11H,3,14H2,1-2H3,(H,15,16)/t8-,11+/m1/s1. The van der Waals surface area contributed by atoms with Crippen LogP contribution in [0.3, 0.4) is 0 Å². The van der Waals surface area contributed by atoms with E-state index in [4.69, 9.17) is 5.73 Å². The van der Waals surface area contributed by atoms with Crippen molar-refractivity contribution in [3.63, 3.8) is 0 Å². The topological polar surface area (TPSA) is 55.1 Å². The Kier molecular flexibility index (Phi) is 4.43. The number of hydrogen-bond donors (Lipinski definition) is 2. The van der Waals surface area contributed by atoms with Crippen LogP contribution in [0.5, 0.6) is 0 Å². The zero-order chi connectivity index (χ0) is 12.1. The minimum Gasteiger partial charge on any atom is -0.348 e. The molecule has 1 aromatic carbocycles. The molecular formula is C12H17FN2O. The van der Waals surface area contributed by atoms with Gasteiger partial charge in [-0.2, -0.15) is 0 Å². The van der Waals surface area contributed by atoms with Gasteiger partial charge in [0.05, 0.1) is 12.1 Å². The second kappa shape index (κ2) is 5.61. The lowest BCUT2D eigenvalue weighted by Crippen LogP contribution is -2.41. The van der Waals surface area contributed by atoms with Gasteiger partial charge >= 0.3 is 0 Å². The summed E-state index contributed by atoms with van der Waals surface area (Å²) in [5, 5.41) is 2.78. The number of halogens is 1. The van der Waals surface area contributed by atoms with Crippen LogP contribution in [-0.4, -0.2) is 11.9 Å². The third-order valence-electron chi connectivity index (χ3n) is 2.51. The molecule has 3 N–H and O–H groups in total. The Morgan fingerprint density at radius 3 is 2.50 bits per heavy atom. The lowest BCUT2D eigenvalue weighted by molar-refractivity contribution is -0.123. The number of carbonyl (C=O) groups excluding carboxylic acids is 1. The Balaban J connectivity index is 2.62. The maximum Gasteiger partial charge on any atom is 0.237 e. The van der Waals surface area contributed by atoms with Gasteiger partial charge in [0, 0.05) is 0 Å². The molecule has 4 heteroatoms. The van der Waals surface area contributed by atoms with Crippen LogP contribution in [0.1, 0.15) is 31.9 Å². The Morgan fingerprint density at radius 1 is 1.44 bits per heavy atom. The third kappa shape index (κ3) is 3.31. The first-order chi connectivity index (χ1) is 7.54. The van der Waals surface area contributed by atoms with Crippen molar-refractivity contribution in [2.75, 3.05) is 0 Å². The van der Waals surface area contributed by atoms with Gasteiger partial charge in [0.25, 0.3) is 0 Å². The molecule has 0 heterocycles. The summed E-state index contributed by atoms with van der Waals surface area (Å²) in [6, 6.07) is 5.40. The highest BCUT2D eigenvalue weighted by molar-refractivity contribution is 5.81. The van der Waals surface area contributed by atoms with E-state index in [0.717, 1.165) is 5.56 Å². The molecule has 1 rings (SSSR count). The van der Waals surface area contributed by atoms with Gasteiger partial charge in [-0.15, -0.1) is 0 Å². The molecular weight excluding hydrogens is 207 g/mol. The predicted molar refractivity (Wildman–Crippen MR) is 61.2 cm³/mol. The SMILES string of the molecule is CC[C@H](N)C(=O)N[C@H](C)c1ccc(F)cc1. The Bertz CT molecular complexity index is 351. The van der Waals surface area contributed by atoms with Gasteiger partial charge in [-0.3, -0.25) is 4.79 Å². The molecule has 0 aliphatic carbocycles. The average molecular weight is 224 g/mol. The van der Waals surface area contributed by atoms with Gasteiger partial charge in [0.2, 0.25) is 5.91 Å². The molecule has 0 bridgehead atoms. The molecule has 2 atom stereocenters. The summed E-state index contributed by atoms with van der Waals surface area (Å²) in [7, 11) is 0. The zero-order valence-electron chi connectivity index (χ0n) is 9.53. The van der Waals surface area contributed by atoms with Gasteiger partial charge in [-0.05, 0) is 31.0 Å². The molecule has 88 valence electrons. The predicted octanol–water partition coefficient (Wildman–Crippen LogP) is 1.74. The maximum absolute atomic E-state index is 12.7. The van der Waals surface area contributed by atoms with Crippen molar-refractivity contribution in [1.29, 1.82) is 0 Å². The smallest absolute Gasteiger partial charge is 0.237 e. The van der Waals surface area contributed by atoms with E-state index in [9.17, 15) is 9.18 Å². The molecule has 16 heavy (non-hydrogen) atoms. The quantitative estimate of drug-likeness (QED) is 0.818. The van der Waals surface area contributed by atoms with E-state index in [-0.39, 0.29) is 17.8 Å². The van der Waals surface area contributed by atoms with Crippen LogP contribution in [0.15, 0.2) is 24.3 Å². The molecule has 3 nitrogen and oxygen atoms in total. The van der Waals surface area contributed by atoms with Crippen molar-refractivity contribution in [2.45, 2.75) is 32.4 Å². The van der Waals surface area contributed by atoms with Crippen molar-refractivity contribution in [3.8, 4) is 0 Å². The molecule has 1 aromatic rings. The van der Waals surface area contributed by atoms with E-state index < -0.39 is 6.04 Å². The van der Waals surface area contributed by atoms with E-state index in [0.29, 0.717) is 6.42 Å². The summed E-state index contributed by atoms with van der Waals surface area (Å²) in [5.41, 5.74) is 6.45. The molecule has 0 unspecified atom stereocenters. The van der Waals surface area contributed by atoms with Gasteiger partial charge in [-0.1, -0.05) is 19.1 Å². The second-order valence-corrected chi connectivity index (χ2v) is 3.80. The number of rotatable bonds is 4. The summed E-state index contributed by atoms with van der Waals surface area (Å²) >= 11 is 0. The first kappa shape index (κ1) is 12.6. The van der Waals surface area contributed by atoms with Crippen LogP contribution in [0.2, 0.25) is 0 Å². The lowest BCUT2D eigenvalue weighted by atomic mass is 10.1. The molecule has 0 radical (unpaired) electrons. The van der Waals surface area contributed by atoms with Crippen LogP contribution in [-0.2, 0) is 4.79 Å². The van der Waals surface area contributed by atoms with Crippen molar-refractivity contribution in [3.05, 3.63) is 35.6 Å². The number of carbonyl (C=O) groups is 1. The van der Waals surface area contributed by atoms with E-state index in [2.05, 4.69) is 5.32 Å². The third-order valence-corrected chi connectivity index (χ3v) is 2.51. The summed E-state index contributed by atoms with van der Waals surface area (Å²) in [5.74, 6) is -0.466. The van der Waals surface area contributed by atoms with Crippen LogP contribution in [0.25, 0.3) is 0 Å². The molecule has 0 fully saturated rings. The minimum atomic E-state index is -0.483. The normalized spacial score (nSPS) is 14.2. The number of benzene rings is 1. The summed E-state index contributed by atoms with van der Waals surface area (Å²) in [6.07, 6.45) is 0.599. The largest absolute Gasteiger partial charge is 0.348 e. The molecule has 0 aromatic heterocycles. The molecule has 1 amide bonds. The first-order valence-corrected chi connectivity index (χ1v) is 5.36. The maximum atomic E-state index is 12.7. The number of nitrogens with one attached hydrogen (secondary N) is 1. The zero-order valence-corrected chi connectivity index (χ0v) is 9.53. The fourth-order valence-electron chi connectivity index (χ4n) is 1.34. The van der Waals surface area contributed by atoms with E-state index in [1.807, 2.05) is 13.8 Å². The van der Waals surface area contributed by atoms with E-state index >= 15 is 0 Å². The summed E-state index contributed by atoms with van der Waals surface area (Å²) in [6.45, 7) is 3.69. The monoisotopic (exact) mass is 224 g/mol. The Morgan fingerprint density at radius 2 is 2.00 bits per heavy atom. The van der Waals surface area contributed by atoms with Crippen molar-refractivity contribution < 1.29 is 9.18 Å². The lowest BCUT2D eigenvalue weighted by Gasteiger charge is -2.17. The highest BCUT2D eigenvalue weighted by Gasteiger charge is 2.14.